The smallest absolute Gasteiger partial charge is 0.222 e. The molecule has 0 bridgehead atoms. The summed E-state index contributed by atoms with van der Waals surface area (Å²) < 4.78 is 5.81. The molecule has 126 valence electrons. The lowest BCUT2D eigenvalue weighted by Crippen LogP contribution is -2.46. The number of ether oxygens (including phenoxy) is 1. The van der Waals surface area contributed by atoms with E-state index in [-0.39, 0.29) is 6.10 Å². The van der Waals surface area contributed by atoms with E-state index in [4.69, 9.17) is 4.74 Å². The Hall–Kier alpha value is -1.73. The number of carbonyl (C=O) groups excluding carboxylic acids is 1. The molecule has 1 aromatic heterocycles. The highest BCUT2D eigenvalue weighted by Gasteiger charge is 2.22. The Morgan fingerprint density at radius 2 is 2.30 bits per heavy atom. The summed E-state index contributed by atoms with van der Waals surface area (Å²) in [6.45, 7) is 6.23. The summed E-state index contributed by atoms with van der Waals surface area (Å²) in [5.74, 6) is 1.10. The molecule has 2 aliphatic heterocycles. The van der Waals surface area contributed by atoms with Crippen LogP contribution in [0.2, 0.25) is 0 Å². The maximum Gasteiger partial charge on any atom is 0.222 e. The van der Waals surface area contributed by atoms with Crippen LogP contribution in [-0.4, -0.2) is 77.9 Å². The molecule has 0 aromatic carbocycles. The Bertz CT molecular complexity index is 499. The van der Waals surface area contributed by atoms with Crippen molar-refractivity contribution in [3.63, 3.8) is 0 Å². The number of rotatable bonds is 7. The monoisotopic (exact) mass is 319 g/mol. The Labute approximate surface area is 137 Å². The fraction of sp³-hybridized carbons (Fsp3) is 0.688. The van der Waals surface area contributed by atoms with Gasteiger partial charge < -0.3 is 15.0 Å². The van der Waals surface area contributed by atoms with Gasteiger partial charge in [-0.1, -0.05) is 0 Å². The summed E-state index contributed by atoms with van der Waals surface area (Å²) >= 11 is 0. The second-order valence-electron chi connectivity index (χ2n) is 6.12. The minimum Gasteiger partial charge on any atom is -0.374 e. The fourth-order valence-electron chi connectivity index (χ4n) is 3.15. The topological polar surface area (TPSA) is 70.6 Å². The molecule has 1 N–H and O–H groups in total. The van der Waals surface area contributed by atoms with Crippen LogP contribution in [0.1, 0.15) is 19.3 Å². The van der Waals surface area contributed by atoms with Crippen molar-refractivity contribution in [2.75, 3.05) is 51.2 Å². The SMILES string of the molecule is O=C1CCCN1CCCN1CCO[C@H](CNc2cccnn2)C1. The van der Waals surface area contributed by atoms with E-state index < -0.39 is 0 Å². The molecule has 7 nitrogen and oxygen atoms in total. The number of carbonyl (C=O) groups is 1. The van der Waals surface area contributed by atoms with Crippen molar-refractivity contribution in [3.8, 4) is 0 Å². The predicted octanol–water partition coefficient (Wildman–Crippen LogP) is 0.602. The average Bonchev–Trinajstić information content (AvgIpc) is 3.00. The molecule has 3 rings (SSSR count). The molecule has 0 unspecified atom stereocenters. The Morgan fingerprint density at radius 3 is 3.09 bits per heavy atom. The number of hydrogen-bond acceptors (Lipinski definition) is 6. The number of nitrogens with one attached hydrogen (secondary N) is 1. The molecule has 23 heavy (non-hydrogen) atoms. The molecule has 0 spiro atoms. The molecule has 1 aromatic rings. The minimum atomic E-state index is 0.166. The highest BCUT2D eigenvalue weighted by Crippen LogP contribution is 2.11. The van der Waals surface area contributed by atoms with Crippen LogP contribution in [-0.2, 0) is 9.53 Å². The van der Waals surface area contributed by atoms with E-state index >= 15 is 0 Å². The highest BCUT2D eigenvalue weighted by molar-refractivity contribution is 5.77. The van der Waals surface area contributed by atoms with Gasteiger partial charge in [-0.05, 0) is 25.0 Å². The molecule has 0 radical (unpaired) electrons. The molecule has 1 atom stereocenters. The summed E-state index contributed by atoms with van der Waals surface area (Å²) in [6, 6.07) is 3.77. The van der Waals surface area contributed by atoms with E-state index in [1.54, 1.807) is 6.20 Å². The van der Waals surface area contributed by atoms with Crippen molar-refractivity contribution < 1.29 is 9.53 Å². The second-order valence-corrected chi connectivity index (χ2v) is 6.12. The van der Waals surface area contributed by atoms with Crippen molar-refractivity contribution >= 4 is 11.7 Å². The van der Waals surface area contributed by atoms with Crippen LogP contribution < -0.4 is 5.32 Å². The number of nitrogens with zero attached hydrogens (tertiary/aromatic N) is 4. The first-order chi connectivity index (χ1) is 11.3. The van der Waals surface area contributed by atoms with Crippen molar-refractivity contribution in [2.45, 2.75) is 25.4 Å². The zero-order valence-corrected chi connectivity index (χ0v) is 13.5. The minimum absolute atomic E-state index is 0.166. The molecule has 2 saturated heterocycles. The summed E-state index contributed by atoms with van der Waals surface area (Å²) in [4.78, 5) is 16.0. The zero-order valence-electron chi connectivity index (χ0n) is 13.5. The van der Waals surface area contributed by atoms with E-state index in [1.165, 1.54) is 0 Å². The largest absolute Gasteiger partial charge is 0.374 e. The third kappa shape index (κ3) is 4.87. The first-order valence-electron chi connectivity index (χ1n) is 8.44. The molecule has 0 saturated carbocycles. The molecular weight excluding hydrogens is 294 g/mol. The van der Waals surface area contributed by atoms with Crippen LogP contribution in [0, 0.1) is 0 Å². The van der Waals surface area contributed by atoms with Crippen molar-refractivity contribution in [1.82, 2.24) is 20.0 Å². The van der Waals surface area contributed by atoms with E-state index in [0.29, 0.717) is 5.91 Å². The summed E-state index contributed by atoms with van der Waals surface area (Å²) in [5.41, 5.74) is 0. The molecule has 2 fully saturated rings. The van der Waals surface area contributed by atoms with Gasteiger partial charge in [0.15, 0.2) is 0 Å². The van der Waals surface area contributed by atoms with Crippen LogP contribution in [0.4, 0.5) is 5.82 Å². The normalized spacial score (nSPS) is 22.5. The van der Waals surface area contributed by atoms with Crippen molar-refractivity contribution in [1.29, 1.82) is 0 Å². The number of morpholine rings is 1. The molecular formula is C16H25N5O2. The van der Waals surface area contributed by atoms with E-state index in [1.807, 2.05) is 17.0 Å². The van der Waals surface area contributed by atoms with Crippen LogP contribution in [0.5, 0.6) is 0 Å². The third-order valence-electron chi connectivity index (χ3n) is 4.38. The second kappa shape index (κ2) is 8.21. The van der Waals surface area contributed by atoms with Crippen LogP contribution >= 0.6 is 0 Å². The van der Waals surface area contributed by atoms with Crippen LogP contribution in [0.3, 0.4) is 0 Å². The zero-order chi connectivity index (χ0) is 15.9. The molecule has 3 heterocycles. The maximum absolute atomic E-state index is 11.6. The first-order valence-corrected chi connectivity index (χ1v) is 8.44. The van der Waals surface area contributed by atoms with Gasteiger partial charge in [-0.25, -0.2) is 0 Å². The standard InChI is InChI=1S/C16H25N5O2/c22-16-5-2-8-21(16)9-3-7-20-10-11-23-14(13-20)12-17-15-4-1-6-18-19-15/h1,4,6,14H,2-3,5,7-13H2,(H,17,19)/t14-/m1/s1. The van der Waals surface area contributed by atoms with Crippen LogP contribution in [0.15, 0.2) is 18.3 Å². The maximum atomic E-state index is 11.6. The van der Waals surface area contributed by atoms with Gasteiger partial charge in [0.1, 0.15) is 5.82 Å². The summed E-state index contributed by atoms with van der Waals surface area (Å²) in [7, 11) is 0. The lowest BCUT2D eigenvalue weighted by molar-refractivity contribution is -0.127. The number of aromatic nitrogens is 2. The van der Waals surface area contributed by atoms with Gasteiger partial charge in [0.2, 0.25) is 5.91 Å². The number of likely N-dealkylation sites (tertiary alicyclic amines) is 1. The number of hydrogen-bond donors (Lipinski definition) is 1. The van der Waals surface area contributed by atoms with Gasteiger partial charge in [-0.15, -0.1) is 5.10 Å². The average molecular weight is 319 g/mol. The molecule has 1 amide bonds. The van der Waals surface area contributed by atoms with E-state index in [9.17, 15) is 4.79 Å². The first kappa shape index (κ1) is 16.1. The van der Waals surface area contributed by atoms with Gasteiger partial charge >= 0.3 is 0 Å². The Balaban J connectivity index is 1.35. The van der Waals surface area contributed by atoms with Gasteiger partial charge in [-0.3, -0.25) is 9.69 Å². The van der Waals surface area contributed by atoms with E-state index in [0.717, 1.165) is 71.0 Å². The summed E-state index contributed by atoms with van der Waals surface area (Å²) in [5, 5.41) is 11.1. The lowest BCUT2D eigenvalue weighted by Gasteiger charge is -2.33. The highest BCUT2D eigenvalue weighted by atomic mass is 16.5. The lowest BCUT2D eigenvalue weighted by atomic mass is 10.2. The van der Waals surface area contributed by atoms with Gasteiger partial charge in [0, 0.05) is 51.9 Å². The van der Waals surface area contributed by atoms with Gasteiger partial charge in [0.05, 0.1) is 12.7 Å². The van der Waals surface area contributed by atoms with Crippen molar-refractivity contribution in [2.24, 2.45) is 0 Å². The van der Waals surface area contributed by atoms with Crippen molar-refractivity contribution in [3.05, 3.63) is 18.3 Å². The van der Waals surface area contributed by atoms with Crippen LogP contribution in [0.25, 0.3) is 0 Å². The fourth-order valence-corrected chi connectivity index (χ4v) is 3.15. The molecule has 7 heteroatoms. The quantitative estimate of drug-likeness (QED) is 0.794. The van der Waals surface area contributed by atoms with Gasteiger partial charge in [-0.2, -0.15) is 5.10 Å². The number of anilines is 1. The summed E-state index contributed by atoms with van der Waals surface area (Å²) in [6.07, 6.45) is 4.62. The predicted molar refractivity (Wildman–Crippen MR) is 87.1 cm³/mol. The van der Waals surface area contributed by atoms with Gasteiger partial charge in [0.25, 0.3) is 0 Å². The Kier molecular flexibility index (Phi) is 5.76. The van der Waals surface area contributed by atoms with E-state index in [2.05, 4.69) is 20.4 Å². The molecule has 0 aliphatic carbocycles. The Morgan fingerprint density at radius 1 is 1.35 bits per heavy atom. The molecule has 2 aliphatic rings. The number of amides is 1. The third-order valence-corrected chi connectivity index (χ3v) is 4.38.